The molecule has 44 valence electrons. The fraction of sp³-hybridized carbons (Fsp3) is 0.250. The van der Waals surface area contributed by atoms with Gasteiger partial charge < -0.3 is 10.5 Å². The summed E-state index contributed by atoms with van der Waals surface area (Å²) >= 11 is 1.47. The summed E-state index contributed by atoms with van der Waals surface area (Å²) in [7, 11) is 0. The van der Waals surface area contributed by atoms with Crippen molar-refractivity contribution in [3.05, 3.63) is 11.8 Å². The minimum absolute atomic E-state index is 0.380. The Morgan fingerprint density at radius 3 is 3.00 bits per heavy atom. The molecule has 4 heteroatoms. The summed E-state index contributed by atoms with van der Waals surface area (Å²) in [6.45, 7) is 0. The molecule has 0 aromatic carbocycles. The van der Waals surface area contributed by atoms with Crippen LogP contribution in [0.5, 0.6) is 0 Å². The van der Waals surface area contributed by atoms with E-state index in [0.717, 1.165) is 5.75 Å². The van der Waals surface area contributed by atoms with Crippen molar-refractivity contribution in [2.24, 2.45) is 5.73 Å². The van der Waals surface area contributed by atoms with Crippen LogP contribution in [0.2, 0.25) is 0 Å². The van der Waals surface area contributed by atoms with E-state index in [1.165, 1.54) is 11.9 Å². The molecule has 1 rings (SSSR count). The minimum atomic E-state index is -0.380. The Hall–Kier alpha value is -0.640. The molecule has 1 amide bonds. The maximum Gasteiger partial charge on any atom is 0.265 e. The predicted molar refractivity (Wildman–Crippen MR) is 32.9 cm³/mol. The fourth-order valence-electron chi connectivity index (χ4n) is 0.437. The van der Waals surface area contributed by atoms with Gasteiger partial charge in [-0.2, -0.15) is 0 Å². The van der Waals surface area contributed by atoms with E-state index in [1.807, 2.05) is 0 Å². The van der Waals surface area contributed by atoms with E-state index in [9.17, 15) is 4.79 Å². The first-order chi connectivity index (χ1) is 3.80. The van der Waals surface area contributed by atoms with Gasteiger partial charge in [0.25, 0.3) is 5.91 Å². The molecule has 1 aliphatic rings. The summed E-state index contributed by atoms with van der Waals surface area (Å²) < 4.78 is 2.76. The van der Waals surface area contributed by atoms with E-state index < -0.39 is 0 Å². The predicted octanol–water partition coefficient (Wildman–Crippen LogP) is -0.393. The van der Waals surface area contributed by atoms with Gasteiger partial charge in [0.05, 0.1) is 0 Å². The Morgan fingerprint density at radius 1 is 2.00 bits per heavy atom. The third-order valence-electron chi connectivity index (χ3n) is 0.818. The summed E-state index contributed by atoms with van der Waals surface area (Å²) in [6, 6.07) is 0. The average Bonchev–Trinajstić information content (AvgIpc) is 2.12. The van der Waals surface area contributed by atoms with Gasteiger partial charge in [0.15, 0.2) is 0 Å². The van der Waals surface area contributed by atoms with E-state index in [4.69, 9.17) is 5.73 Å². The standard InChI is InChI=1S/C4H6N2OS/c5-4(7)3-1-2-8-6-3/h1,6H,2H2,(H2,5,7). The zero-order chi connectivity index (χ0) is 5.98. The van der Waals surface area contributed by atoms with Gasteiger partial charge in [-0.3, -0.25) is 4.79 Å². The Labute approximate surface area is 51.4 Å². The number of carbonyl (C=O) groups is 1. The van der Waals surface area contributed by atoms with Crippen molar-refractivity contribution >= 4 is 17.9 Å². The molecule has 0 radical (unpaired) electrons. The van der Waals surface area contributed by atoms with Gasteiger partial charge in [-0.15, -0.1) is 0 Å². The molecular weight excluding hydrogens is 124 g/mol. The Bertz CT molecular complexity index is 143. The van der Waals surface area contributed by atoms with Crippen LogP contribution in [0.3, 0.4) is 0 Å². The second-order valence-corrected chi connectivity index (χ2v) is 2.22. The van der Waals surface area contributed by atoms with Gasteiger partial charge in [0.1, 0.15) is 5.70 Å². The Kier molecular flexibility index (Phi) is 1.43. The minimum Gasteiger partial charge on any atom is -0.364 e. The largest absolute Gasteiger partial charge is 0.364 e. The van der Waals surface area contributed by atoms with Crippen LogP contribution in [0.15, 0.2) is 11.8 Å². The molecule has 0 spiro atoms. The Morgan fingerprint density at radius 2 is 2.75 bits per heavy atom. The molecule has 0 saturated carbocycles. The lowest BCUT2D eigenvalue weighted by Crippen LogP contribution is -2.19. The van der Waals surface area contributed by atoms with Gasteiger partial charge in [-0.1, -0.05) is 0 Å². The average molecular weight is 130 g/mol. The highest BCUT2D eigenvalue weighted by Gasteiger charge is 2.07. The highest BCUT2D eigenvalue weighted by Crippen LogP contribution is 2.07. The van der Waals surface area contributed by atoms with Crippen molar-refractivity contribution in [3.63, 3.8) is 0 Å². The molecule has 1 aliphatic heterocycles. The summed E-state index contributed by atoms with van der Waals surface area (Å²) in [4.78, 5) is 10.3. The number of hydrogen-bond donors (Lipinski definition) is 2. The summed E-state index contributed by atoms with van der Waals surface area (Å²) in [5.41, 5.74) is 5.44. The summed E-state index contributed by atoms with van der Waals surface area (Å²) in [6.07, 6.45) is 1.77. The van der Waals surface area contributed by atoms with Crippen molar-refractivity contribution in [1.82, 2.24) is 4.72 Å². The lowest BCUT2D eigenvalue weighted by molar-refractivity contribution is -0.114. The van der Waals surface area contributed by atoms with Crippen molar-refractivity contribution < 1.29 is 4.79 Å². The van der Waals surface area contributed by atoms with E-state index in [1.54, 1.807) is 6.08 Å². The first-order valence-corrected chi connectivity index (χ1v) is 3.17. The van der Waals surface area contributed by atoms with Crippen LogP contribution in [-0.4, -0.2) is 11.7 Å². The topological polar surface area (TPSA) is 55.1 Å². The number of rotatable bonds is 1. The molecule has 8 heavy (non-hydrogen) atoms. The maximum absolute atomic E-state index is 10.3. The van der Waals surface area contributed by atoms with Crippen molar-refractivity contribution in [3.8, 4) is 0 Å². The summed E-state index contributed by atoms with van der Waals surface area (Å²) in [5.74, 6) is 0.452. The van der Waals surface area contributed by atoms with Crippen LogP contribution >= 0.6 is 11.9 Å². The Balaban J connectivity index is 2.57. The van der Waals surface area contributed by atoms with Gasteiger partial charge in [-0.05, 0) is 18.0 Å². The smallest absolute Gasteiger partial charge is 0.265 e. The molecule has 0 saturated heterocycles. The molecule has 1 heterocycles. The first-order valence-electron chi connectivity index (χ1n) is 2.18. The van der Waals surface area contributed by atoms with E-state index in [-0.39, 0.29) is 5.91 Å². The second kappa shape index (κ2) is 2.09. The number of nitrogens with two attached hydrogens (primary N) is 1. The molecule has 0 atom stereocenters. The zero-order valence-corrected chi connectivity index (χ0v) is 4.99. The first kappa shape index (κ1) is 5.50. The molecule has 0 fully saturated rings. The lowest BCUT2D eigenvalue weighted by atomic mass is 10.4. The molecule has 0 aromatic heterocycles. The van der Waals surface area contributed by atoms with Crippen LogP contribution < -0.4 is 10.5 Å². The molecule has 3 N–H and O–H groups in total. The number of amides is 1. The van der Waals surface area contributed by atoms with E-state index >= 15 is 0 Å². The number of nitrogens with one attached hydrogen (secondary N) is 1. The quantitative estimate of drug-likeness (QED) is 0.475. The van der Waals surface area contributed by atoms with Crippen molar-refractivity contribution in [2.45, 2.75) is 0 Å². The molecular formula is C4H6N2OS. The van der Waals surface area contributed by atoms with E-state index in [2.05, 4.69) is 4.72 Å². The van der Waals surface area contributed by atoms with Crippen LogP contribution in [0.1, 0.15) is 0 Å². The highest BCUT2D eigenvalue weighted by atomic mass is 32.2. The molecule has 0 aromatic rings. The van der Waals surface area contributed by atoms with Gasteiger partial charge in [0.2, 0.25) is 0 Å². The monoisotopic (exact) mass is 130 g/mol. The van der Waals surface area contributed by atoms with E-state index in [0.29, 0.717) is 5.70 Å². The SMILES string of the molecule is NC(=O)C1=CCSN1. The van der Waals surface area contributed by atoms with Crippen molar-refractivity contribution in [2.75, 3.05) is 5.75 Å². The molecule has 0 bridgehead atoms. The fourth-order valence-corrected chi connectivity index (χ4v) is 1.11. The normalized spacial score (nSPS) is 17.2. The van der Waals surface area contributed by atoms with Gasteiger partial charge in [0, 0.05) is 5.75 Å². The number of primary amides is 1. The summed E-state index contributed by atoms with van der Waals surface area (Å²) in [5, 5.41) is 0. The number of carbonyl (C=O) groups excluding carboxylic acids is 1. The van der Waals surface area contributed by atoms with Crippen LogP contribution in [0, 0.1) is 0 Å². The highest BCUT2D eigenvalue weighted by molar-refractivity contribution is 7.97. The third kappa shape index (κ3) is 0.949. The van der Waals surface area contributed by atoms with Gasteiger partial charge in [-0.25, -0.2) is 0 Å². The van der Waals surface area contributed by atoms with Gasteiger partial charge >= 0.3 is 0 Å². The van der Waals surface area contributed by atoms with Crippen LogP contribution in [-0.2, 0) is 4.79 Å². The lowest BCUT2D eigenvalue weighted by Gasteiger charge is -1.92. The van der Waals surface area contributed by atoms with Crippen molar-refractivity contribution in [1.29, 1.82) is 0 Å². The third-order valence-corrected chi connectivity index (χ3v) is 1.52. The molecule has 0 unspecified atom stereocenters. The van der Waals surface area contributed by atoms with Crippen LogP contribution in [0.25, 0.3) is 0 Å². The maximum atomic E-state index is 10.3. The number of hydrogen-bond acceptors (Lipinski definition) is 3. The second-order valence-electron chi connectivity index (χ2n) is 1.40. The molecule has 3 nitrogen and oxygen atoms in total. The molecule has 0 aliphatic carbocycles. The van der Waals surface area contributed by atoms with Crippen LogP contribution in [0.4, 0.5) is 0 Å². The zero-order valence-electron chi connectivity index (χ0n) is 4.18.